The summed E-state index contributed by atoms with van der Waals surface area (Å²) < 4.78 is 6.94. The van der Waals surface area contributed by atoms with Crippen LogP contribution in [-0.4, -0.2) is 99.6 Å². The number of anilines is 3. The smallest absolute Gasteiger partial charge is 0.307 e. The van der Waals surface area contributed by atoms with Crippen molar-refractivity contribution >= 4 is 115 Å². The Bertz CT molecular complexity index is 4270. The number of hydrogen-bond acceptors (Lipinski definition) is 18. The average molecular weight is 1210 g/mol. The molecule has 25 heteroatoms. The van der Waals surface area contributed by atoms with Crippen molar-refractivity contribution in [2.24, 2.45) is 5.92 Å². The molecule has 1 fully saturated rings. The third kappa shape index (κ3) is 15.0. The van der Waals surface area contributed by atoms with E-state index < -0.39 is 11.5 Å². The minimum Gasteiger partial charge on any atom is -0.459 e. The van der Waals surface area contributed by atoms with Crippen LogP contribution >= 0.6 is 35.3 Å². The van der Waals surface area contributed by atoms with Crippen molar-refractivity contribution in [3.63, 3.8) is 0 Å². The summed E-state index contributed by atoms with van der Waals surface area (Å²) in [6, 6.07) is 33.1. The number of carbonyl (C=O) groups excluding carboxylic acids is 4. The molecule has 12 rings (SSSR count). The fourth-order valence-electron chi connectivity index (χ4n) is 9.33. The van der Waals surface area contributed by atoms with Gasteiger partial charge in [0.1, 0.15) is 45.4 Å². The molecule has 11 aromatic rings. The van der Waals surface area contributed by atoms with E-state index >= 15 is 0 Å². The van der Waals surface area contributed by atoms with Gasteiger partial charge >= 0.3 is 5.97 Å². The number of esters is 1. The molecule has 4 aromatic carbocycles. The molecule has 1 atom stereocenters. The Kier molecular flexibility index (Phi) is 19.0. The molecule has 1 saturated heterocycles. The number of aromatic amines is 3. The number of H-pyrrole nitrogens is 3. The molecule has 8 heterocycles. The van der Waals surface area contributed by atoms with Crippen molar-refractivity contribution in [3.05, 3.63) is 186 Å². The SMILES string of the molecule is C/C(=C\C(=O)Nc1cccc(CSc2ncnc3[nH]ncc23)c1)c1ccccc1C.CC1(C)OC(=O)CC1C(=O)Nc1cccc(CSc2ncnc3[nH]ncc23)c1.CCn1nc(C)cc1C(=O)Nc1cccc(CSc2ncnc3[nH]ncc23)c1. The number of aromatic nitrogens is 14. The van der Waals surface area contributed by atoms with E-state index in [4.69, 9.17) is 4.74 Å². The molecule has 1 unspecified atom stereocenters. The Morgan fingerprint density at radius 2 is 1.12 bits per heavy atom. The molecular formula is C61H59N17O5S3. The Hall–Kier alpha value is -9.59. The molecule has 7 aromatic heterocycles. The van der Waals surface area contributed by atoms with Crippen LogP contribution in [0.25, 0.3) is 38.7 Å². The van der Waals surface area contributed by atoms with E-state index in [1.54, 1.807) is 84.5 Å². The van der Waals surface area contributed by atoms with E-state index in [1.807, 2.05) is 125 Å². The van der Waals surface area contributed by atoms with Gasteiger partial charge < -0.3 is 20.7 Å². The number of ether oxygens (including phenoxy) is 1. The van der Waals surface area contributed by atoms with Crippen LogP contribution in [-0.2, 0) is 42.9 Å². The van der Waals surface area contributed by atoms with Gasteiger partial charge in [0, 0.05) is 46.9 Å². The third-order valence-electron chi connectivity index (χ3n) is 13.6. The van der Waals surface area contributed by atoms with Crippen LogP contribution in [0.15, 0.2) is 162 Å². The molecule has 1 aliphatic rings. The number of aryl methyl sites for hydroxylation is 3. The van der Waals surface area contributed by atoms with Gasteiger partial charge in [-0.2, -0.15) is 20.4 Å². The van der Waals surface area contributed by atoms with Crippen LogP contribution in [0.5, 0.6) is 0 Å². The number of allylic oxidation sites excluding steroid dienone is 1. The lowest BCUT2D eigenvalue weighted by atomic mass is 9.90. The topological polar surface area (TPSA) is 295 Å². The number of fused-ring (bicyclic) bond motifs is 3. The first-order valence-corrected chi connectivity index (χ1v) is 30.1. The maximum absolute atomic E-state index is 12.6. The monoisotopic (exact) mass is 1210 g/mol. The second kappa shape index (κ2) is 27.4. The Labute approximate surface area is 506 Å². The molecule has 436 valence electrons. The minimum absolute atomic E-state index is 0.1000. The molecule has 0 aliphatic carbocycles. The van der Waals surface area contributed by atoms with Crippen LogP contribution in [0.3, 0.4) is 0 Å². The summed E-state index contributed by atoms with van der Waals surface area (Å²) >= 11 is 4.78. The van der Waals surface area contributed by atoms with Crippen molar-refractivity contribution in [1.29, 1.82) is 0 Å². The lowest BCUT2D eigenvalue weighted by molar-refractivity contribution is -0.147. The fourth-order valence-corrected chi connectivity index (χ4v) is 12.1. The van der Waals surface area contributed by atoms with E-state index in [1.165, 1.54) is 19.0 Å². The molecule has 0 saturated carbocycles. The highest BCUT2D eigenvalue weighted by Crippen LogP contribution is 2.35. The van der Waals surface area contributed by atoms with Gasteiger partial charge in [0.2, 0.25) is 11.8 Å². The highest BCUT2D eigenvalue weighted by molar-refractivity contribution is 7.99. The molecule has 0 radical (unpaired) electrons. The van der Waals surface area contributed by atoms with Crippen LogP contribution in [0, 0.1) is 19.8 Å². The van der Waals surface area contributed by atoms with Gasteiger partial charge in [-0.1, -0.05) is 60.7 Å². The summed E-state index contributed by atoms with van der Waals surface area (Å²) in [5, 5.41) is 39.0. The number of amides is 3. The van der Waals surface area contributed by atoms with Gasteiger partial charge in [0.25, 0.3) is 5.91 Å². The van der Waals surface area contributed by atoms with Gasteiger partial charge in [-0.15, -0.1) is 35.3 Å². The standard InChI is InChI=1S/C23H21N5OS.C19H19N7OS.C19H19N5O3S/c1-15-6-3-4-9-19(15)16(2)10-21(29)27-18-8-5-7-17(11-18)13-30-23-20-12-26-28-22(20)24-14-25-23;1-3-26-16(7-12(2)25-26)18(27)23-14-6-4-5-13(8-14)10-28-19-15-9-22-24-17(15)20-11-21-19;1-19(2)14(7-15(25)27-19)17(26)23-12-5-3-4-11(6-12)9-28-18-13-8-22-24-16(13)20-10-21-18/h3-12,14H,13H2,1-2H3,(H,27,29)(H,24,25,26,28);4-9,11H,3,10H2,1-2H3,(H,23,27)(H,20,21,22,24);3-6,8,10,14H,7,9H2,1-2H3,(H,23,26)(H,20,21,22,24)/b16-10+;;. The normalized spacial score (nSPS) is 13.6. The lowest BCUT2D eigenvalue weighted by Gasteiger charge is -2.23. The van der Waals surface area contributed by atoms with Crippen LogP contribution in [0.1, 0.15) is 78.1 Å². The van der Waals surface area contributed by atoms with Gasteiger partial charge in [0.15, 0.2) is 16.9 Å². The molecule has 6 N–H and O–H groups in total. The fraction of sp³-hybridized carbons (Fsp3) is 0.213. The molecule has 22 nitrogen and oxygen atoms in total. The van der Waals surface area contributed by atoms with Crippen molar-refractivity contribution in [3.8, 4) is 0 Å². The third-order valence-corrected chi connectivity index (χ3v) is 16.8. The van der Waals surface area contributed by atoms with Crippen LogP contribution in [0.2, 0.25) is 0 Å². The quantitative estimate of drug-likeness (QED) is 0.0214. The largest absolute Gasteiger partial charge is 0.459 e. The zero-order valence-corrected chi connectivity index (χ0v) is 50.1. The summed E-state index contributed by atoms with van der Waals surface area (Å²) in [5.74, 6) is 0.749. The molecule has 86 heavy (non-hydrogen) atoms. The van der Waals surface area contributed by atoms with Crippen molar-refractivity contribution in [2.75, 3.05) is 16.0 Å². The summed E-state index contributed by atoms with van der Waals surface area (Å²) in [6.07, 6.45) is 11.5. The Balaban J connectivity index is 0.000000143. The summed E-state index contributed by atoms with van der Waals surface area (Å²) in [6.45, 7) is 12.0. The minimum atomic E-state index is -0.794. The number of benzene rings is 4. The van der Waals surface area contributed by atoms with E-state index in [9.17, 15) is 19.2 Å². The number of cyclic esters (lactones) is 1. The van der Waals surface area contributed by atoms with Gasteiger partial charge in [0.05, 0.1) is 52.8 Å². The summed E-state index contributed by atoms with van der Waals surface area (Å²) in [7, 11) is 0. The maximum atomic E-state index is 12.6. The van der Waals surface area contributed by atoms with Crippen LogP contribution in [0.4, 0.5) is 17.1 Å². The molecule has 0 spiro atoms. The van der Waals surface area contributed by atoms with Crippen molar-refractivity contribution < 1.29 is 23.9 Å². The number of nitrogens with one attached hydrogen (secondary N) is 6. The number of thioether (sulfide) groups is 3. The first-order chi connectivity index (χ1) is 41.7. The summed E-state index contributed by atoms with van der Waals surface area (Å²) in [5.41, 5.74) is 11.3. The molecular weight excluding hydrogens is 1150 g/mol. The molecule has 1 aliphatic heterocycles. The number of rotatable bonds is 17. The molecule has 3 amide bonds. The number of nitrogens with zero attached hydrogens (tertiary/aromatic N) is 11. The zero-order valence-electron chi connectivity index (χ0n) is 47.7. The van der Waals surface area contributed by atoms with Gasteiger partial charge in [-0.05, 0) is 117 Å². The van der Waals surface area contributed by atoms with Crippen molar-refractivity contribution in [1.82, 2.24) is 70.3 Å². The first-order valence-electron chi connectivity index (χ1n) is 27.2. The average Bonchev–Trinajstić information content (AvgIpc) is 4.44. The van der Waals surface area contributed by atoms with E-state index in [0.29, 0.717) is 35.1 Å². The van der Waals surface area contributed by atoms with E-state index in [2.05, 4.69) is 81.5 Å². The highest BCUT2D eigenvalue weighted by Gasteiger charge is 2.46. The second-order valence-corrected chi connectivity index (χ2v) is 23.2. The molecule has 0 bridgehead atoms. The van der Waals surface area contributed by atoms with Gasteiger partial charge in [-0.3, -0.25) is 39.2 Å². The number of carbonyl (C=O) groups is 4. The van der Waals surface area contributed by atoms with Crippen molar-refractivity contribution in [2.45, 2.75) is 92.4 Å². The highest BCUT2D eigenvalue weighted by atomic mass is 32.2. The van der Waals surface area contributed by atoms with Crippen LogP contribution < -0.4 is 16.0 Å². The second-order valence-electron chi connectivity index (χ2n) is 20.3. The number of hydrogen-bond donors (Lipinski definition) is 6. The predicted octanol–water partition coefficient (Wildman–Crippen LogP) is 11.3. The first kappa shape index (κ1) is 59.6. The van der Waals surface area contributed by atoms with E-state index in [0.717, 1.165) is 98.7 Å². The zero-order chi connectivity index (χ0) is 60.2. The summed E-state index contributed by atoms with van der Waals surface area (Å²) in [4.78, 5) is 74.7. The lowest BCUT2D eigenvalue weighted by Crippen LogP contribution is -2.36. The Morgan fingerprint density at radius 1 is 0.640 bits per heavy atom. The predicted molar refractivity (Wildman–Crippen MR) is 334 cm³/mol. The maximum Gasteiger partial charge on any atom is 0.307 e. The van der Waals surface area contributed by atoms with Gasteiger partial charge in [-0.25, -0.2) is 29.9 Å². The Morgan fingerprint density at radius 3 is 1.58 bits per heavy atom. The van der Waals surface area contributed by atoms with E-state index in [-0.39, 0.29) is 30.1 Å².